The number of amides is 1. The molecule has 41 heavy (non-hydrogen) atoms. The van der Waals surface area contributed by atoms with Gasteiger partial charge in [-0.15, -0.1) is 0 Å². The second-order valence-corrected chi connectivity index (χ2v) is 10.7. The van der Waals surface area contributed by atoms with Gasteiger partial charge in [-0.25, -0.2) is 0 Å². The summed E-state index contributed by atoms with van der Waals surface area (Å²) in [6.45, 7) is 3.77. The summed E-state index contributed by atoms with van der Waals surface area (Å²) in [5, 5.41) is 24.3. The second kappa shape index (κ2) is 12.3. The quantitative estimate of drug-likeness (QED) is 0.179. The standard InChI is InChI=1S/C31H25N3O5S.Na/c1-19-16-22(12-14-26(19)32-31(36)21-8-4-3-5-9-21)23-13-15-27(20(2)17-23)33-34-28-18-29(40(37,38)39)24-10-6-7-11-25(24)30(28)35;/h3-18,35H,1-2H3,(H,32,36)(H,37,38,39);/q;+1/p-1. The molecule has 0 aliphatic heterocycles. The van der Waals surface area contributed by atoms with Gasteiger partial charge in [0.05, 0.1) is 11.4 Å². The SMILES string of the molecule is Cc1cc(-c2ccc(NC(=O)c3ccccc3)c(C)c2)ccc1N=Nc1cc(S(=O)(=O)O)c2ccccc2c1[O-].[Na+]. The van der Waals surface area contributed by atoms with Crippen molar-refractivity contribution in [3.05, 3.63) is 114 Å². The van der Waals surface area contributed by atoms with Gasteiger partial charge in [-0.3, -0.25) is 9.35 Å². The van der Waals surface area contributed by atoms with E-state index in [-0.39, 0.29) is 51.9 Å². The molecule has 0 atom stereocenters. The van der Waals surface area contributed by atoms with Crippen LogP contribution in [-0.4, -0.2) is 18.9 Å². The fourth-order valence-corrected chi connectivity index (χ4v) is 5.13. The van der Waals surface area contributed by atoms with Crippen molar-refractivity contribution in [2.75, 3.05) is 5.32 Å². The fourth-order valence-electron chi connectivity index (χ4n) is 4.41. The Kier molecular flexibility index (Phi) is 9.06. The van der Waals surface area contributed by atoms with Crippen LogP contribution in [0.4, 0.5) is 17.1 Å². The summed E-state index contributed by atoms with van der Waals surface area (Å²) in [5.41, 5.74) is 5.13. The van der Waals surface area contributed by atoms with Crippen LogP contribution in [0, 0.1) is 13.8 Å². The van der Waals surface area contributed by atoms with E-state index in [1.54, 1.807) is 30.3 Å². The first-order valence-corrected chi connectivity index (χ1v) is 13.8. The van der Waals surface area contributed by atoms with E-state index in [0.29, 0.717) is 16.9 Å². The number of carbonyl (C=O) groups excluding carboxylic acids is 1. The van der Waals surface area contributed by atoms with Gasteiger partial charge in [0.1, 0.15) is 4.90 Å². The van der Waals surface area contributed by atoms with Crippen molar-refractivity contribution in [3.8, 4) is 16.9 Å². The van der Waals surface area contributed by atoms with Crippen LogP contribution in [0.3, 0.4) is 0 Å². The molecule has 0 fully saturated rings. The van der Waals surface area contributed by atoms with E-state index in [0.717, 1.165) is 28.3 Å². The summed E-state index contributed by atoms with van der Waals surface area (Å²) in [5.74, 6) is -0.672. The molecule has 200 valence electrons. The number of fused-ring (bicyclic) bond motifs is 1. The Morgan fingerprint density at radius 3 is 1.98 bits per heavy atom. The van der Waals surface area contributed by atoms with Gasteiger partial charge in [0, 0.05) is 16.6 Å². The first kappa shape index (κ1) is 30.1. The minimum Gasteiger partial charge on any atom is -0.871 e. The van der Waals surface area contributed by atoms with Crippen molar-refractivity contribution in [2.24, 2.45) is 10.2 Å². The molecule has 0 bridgehead atoms. The molecule has 0 aliphatic rings. The maximum absolute atomic E-state index is 12.9. The van der Waals surface area contributed by atoms with Crippen molar-refractivity contribution >= 4 is 43.9 Å². The molecule has 0 spiro atoms. The average molecular weight is 574 g/mol. The molecule has 5 rings (SSSR count). The van der Waals surface area contributed by atoms with Crippen LogP contribution >= 0.6 is 0 Å². The maximum atomic E-state index is 12.9. The number of nitrogens with one attached hydrogen (secondary N) is 1. The van der Waals surface area contributed by atoms with Crippen molar-refractivity contribution in [1.29, 1.82) is 0 Å². The molecule has 0 saturated carbocycles. The number of hydrogen-bond donors (Lipinski definition) is 2. The Morgan fingerprint density at radius 2 is 1.34 bits per heavy atom. The molecule has 10 heteroatoms. The minimum absolute atomic E-state index is 0. The normalized spacial score (nSPS) is 11.4. The minimum atomic E-state index is -4.59. The van der Waals surface area contributed by atoms with Gasteiger partial charge in [-0.1, -0.05) is 60.3 Å². The van der Waals surface area contributed by atoms with Gasteiger partial charge in [0.2, 0.25) is 0 Å². The van der Waals surface area contributed by atoms with E-state index in [2.05, 4.69) is 15.5 Å². The molecule has 0 aliphatic carbocycles. The Hall–Kier alpha value is -3.86. The number of benzene rings is 5. The molecule has 5 aromatic rings. The van der Waals surface area contributed by atoms with Gasteiger partial charge < -0.3 is 10.4 Å². The summed E-state index contributed by atoms with van der Waals surface area (Å²) < 4.78 is 33.5. The van der Waals surface area contributed by atoms with Crippen LogP contribution in [-0.2, 0) is 10.1 Å². The molecule has 0 heterocycles. The van der Waals surface area contributed by atoms with Crippen LogP contribution in [0.2, 0.25) is 0 Å². The van der Waals surface area contributed by atoms with Gasteiger partial charge >= 0.3 is 29.6 Å². The summed E-state index contributed by atoms with van der Waals surface area (Å²) in [6, 6.07) is 27.4. The molecule has 5 aromatic carbocycles. The number of aryl methyl sites for hydroxylation is 2. The second-order valence-electron chi connectivity index (χ2n) is 9.29. The smallest absolute Gasteiger partial charge is 0.871 e. The van der Waals surface area contributed by atoms with E-state index in [1.807, 2.05) is 62.4 Å². The van der Waals surface area contributed by atoms with Gasteiger partial charge in [0.15, 0.2) is 0 Å². The predicted molar refractivity (Wildman–Crippen MR) is 153 cm³/mol. The van der Waals surface area contributed by atoms with E-state index in [4.69, 9.17) is 0 Å². The van der Waals surface area contributed by atoms with Crippen molar-refractivity contribution in [3.63, 3.8) is 0 Å². The first-order valence-electron chi connectivity index (χ1n) is 12.3. The molecule has 1 amide bonds. The maximum Gasteiger partial charge on any atom is 1.00 e. The number of anilines is 1. The Labute approximate surface area is 259 Å². The van der Waals surface area contributed by atoms with E-state index < -0.39 is 20.8 Å². The van der Waals surface area contributed by atoms with Crippen molar-refractivity contribution in [2.45, 2.75) is 18.7 Å². The first-order chi connectivity index (χ1) is 19.1. The van der Waals surface area contributed by atoms with Crippen molar-refractivity contribution < 1.29 is 52.4 Å². The largest absolute Gasteiger partial charge is 1.00 e. The molecular weight excluding hydrogens is 549 g/mol. The molecule has 0 aromatic heterocycles. The van der Waals surface area contributed by atoms with Crippen LogP contribution in [0.5, 0.6) is 5.75 Å². The number of hydrogen-bond acceptors (Lipinski definition) is 6. The third-order valence-corrected chi connectivity index (χ3v) is 7.42. The Balaban J connectivity index is 0.00000387. The number of carbonyl (C=O) groups is 1. The summed E-state index contributed by atoms with van der Waals surface area (Å²) in [7, 11) is -4.59. The van der Waals surface area contributed by atoms with Gasteiger partial charge in [-0.05, 0) is 84.0 Å². The predicted octanol–water partition coefficient (Wildman–Crippen LogP) is 4.12. The third-order valence-electron chi connectivity index (χ3n) is 6.52. The number of rotatable bonds is 6. The van der Waals surface area contributed by atoms with Gasteiger partial charge in [0.25, 0.3) is 16.0 Å². The Morgan fingerprint density at radius 1 is 0.756 bits per heavy atom. The summed E-state index contributed by atoms with van der Waals surface area (Å²) in [4.78, 5) is 12.1. The fraction of sp³-hybridized carbons (Fsp3) is 0.0645. The molecule has 8 nitrogen and oxygen atoms in total. The number of nitrogens with zero attached hydrogens (tertiary/aromatic N) is 2. The van der Waals surface area contributed by atoms with Crippen LogP contribution in [0.1, 0.15) is 21.5 Å². The van der Waals surface area contributed by atoms with E-state index >= 15 is 0 Å². The van der Waals surface area contributed by atoms with Gasteiger partial charge in [-0.2, -0.15) is 18.6 Å². The summed E-state index contributed by atoms with van der Waals surface area (Å²) >= 11 is 0. The average Bonchev–Trinajstić information content (AvgIpc) is 2.94. The monoisotopic (exact) mass is 573 g/mol. The number of azo groups is 1. The van der Waals surface area contributed by atoms with Crippen LogP contribution in [0.15, 0.2) is 112 Å². The Bertz CT molecular complexity index is 1910. The van der Waals surface area contributed by atoms with E-state index in [9.17, 15) is 22.9 Å². The zero-order chi connectivity index (χ0) is 28.4. The zero-order valence-electron chi connectivity index (χ0n) is 22.6. The van der Waals surface area contributed by atoms with Crippen LogP contribution < -0.4 is 40.0 Å². The molecule has 0 saturated heterocycles. The summed E-state index contributed by atoms with van der Waals surface area (Å²) in [6.07, 6.45) is 0. The zero-order valence-corrected chi connectivity index (χ0v) is 25.4. The third kappa shape index (κ3) is 6.56. The van der Waals surface area contributed by atoms with Crippen molar-refractivity contribution in [1.82, 2.24) is 0 Å². The molecule has 2 N–H and O–H groups in total. The molecular formula is C31H24N3NaO5S. The topological polar surface area (TPSA) is 131 Å². The molecule has 0 radical (unpaired) electrons. The van der Waals surface area contributed by atoms with E-state index in [1.165, 1.54) is 12.1 Å². The molecule has 0 unspecified atom stereocenters. The van der Waals surface area contributed by atoms with Crippen LogP contribution in [0.25, 0.3) is 21.9 Å².